The van der Waals surface area contributed by atoms with E-state index in [1.165, 1.54) is 0 Å². The van der Waals surface area contributed by atoms with E-state index in [2.05, 4.69) is 20.9 Å². The molecule has 74 valence electrons. The third-order valence-electron chi connectivity index (χ3n) is 2.23. The molecule has 0 saturated heterocycles. The molecule has 0 fully saturated rings. The molecule has 0 bridgehead atoms. The normalized spacial score (nSPS) is 11.0. The second-order valence-electron chi connectivity index (χ2n) is 3.18. The number of nitrogens with zero attached hydrogens (tertiary/aromatic N) is 2. The zero-order valence-electron chi connectivity index (χ0n) is 7.72. The summed E-state index contributed by atoms with van der Waals surface area (Å²) in [7, 11) is 0. The lowest BCUT2D eigenvalue weighted by Gasteiger charge is -1.96. The molecule has 0 amide bonds. The molecule has 0 aromatic carbocycles. The summed E-state index contributed by atoms with van der Waals surface area (Å²) in [5.41, 5.74) is 1.06. The molecule has 0 atom stereocenters. The van der Waals surface area contributed by atoms with E-state index in [1.54, 1.807) is 0 Å². The van der Waals surface area contributed by atoms with Crippen molar-refractivity contribution < 1.29 is 4.42 Å². The summed E-state index contributed by atoms with van der Waals surface area (Å²) in [4.78, 5) is 4.33. The number of imidazole rings is 1. The van der Waals surface area contributed by atoms with Crippen molar-refractivity contribution in [2.24, 2.45) is 0 Å². The standard InChI is InChI=1S/C11H7BrN2O/c12-10-5-4-9(15-10)11-13-7-8-3-1-2-6-14(8)11/h1-7H. The molecule has 3 aromatic heterocycles. The molecular formula is C11H7BrN2O. The Labute approximate surface area is 94.5 Å². The quantitative estimate of drug-likeness (QED) is 0.674. The monoisotopic (exact) mass is 262 g/mol. The molecule has 0 aliphatic heterocycles. The van der Waals surface area contributed by atoms with Crippen molar-refractivity contribution >= 4 is 21.4 Å². The summed E-state index contributed by atoms with van der Waals surface area (Å²) in [6.45, 7) is 0. The highest BCUT2D eigenvalue weighted by molar-refractivity contribution is 9.10. The maximum atomic E-state index is 5.47. The number of rotatable bonds is 1. The van der Waals surface area contributed by atoms with Crippen LogP contribution in [0.4, 0.5) is 0 Å². The van der Waals surface area contributed by atoms with Crippen molar-refractivity contribution in [3.05, 3.63) is 47.4 Å². The van der Waals surface area contributed by atoms with Gasteiger partial charge in [0, 0.05) is 6.20 Å². The van der Waals surface area contributed by atoms with Crippen molar-refractivity contribution in [3.8, 4) is 11.6 Å². The Morgan fingerprint density at radius 3 is 2.93 bits per heavy atom. The third-order valence-corrected chi connectivity index (χ3v) is 2.66. The number of halogens is 1. The Morgan fingerprint density at radius 2 is 2.13 bits per heavy atom. The molecule has 4 heteroatoms. The molecule has 0 aliphatic carbocycles. The zero-order valence-corrected chi connectivity index (χ0v) is 9.31. The van der Waals surface area contributed by atoms with Gasteiger partial charge < -0.3 is 4.42 Å². The number of hydrogen-bond acceptors (Lipinski definition) is 2. The number of fused-ring (bicyclic) bond motifs is 1. The van der Waals surface area contributed by atoms with Crippen LogP contribution >= 0.6 is 15.9 Å². The van der Waals surface area contributed by atoms with Gasteiger partial charge in [-0.05, 0) is 40.2 Å². The maximum absolute atomic E-state index is 5.47. The van der Waals surface area contributed by atoms with Crippen LogP contribution in [0.15, 0.2) is 51.8 Å². The van der Waals surface area contributed by atoms with Gasteiger partial charge >= 0.3 is 0 Å². The fourth-order valence-electron chi connectivity index (χ4n) is 1.56. The van der Waals surface area contributed by atoms with Gasteiger partial charge in [0.05, 0.1) is 11.7 Å². The van der Waals surface area contributed by atoms with Crippen molar-refractivity contribution in [2.75, 3.05) is 0 Å². The summed E-state index contributed by atoms with van der Waals surface area (Å²) < 4.78 is 8.17. The topological polar surface area (TPSA) is 30.4 Å². The number of aromatic nitrogens is 2. The molecule has 3 nitrogen and oxygen atoms in total. The van der Waals surface area contributed by atoms with E-state index in [4.69, 9.17) is 4.42 Å². The predicted octanol–water partition coefficient (Wildman–Crippen LogP) is 3.36. The van der Waals surface area contributed by atoms with Crippen LogP contribution < -0.4 is 0 Å². The van der Waals surface area contributed by atoms with Crippen molar-refractivity contribution in [1.29, 1.82) is 0 Å². The average Bonchev–Trinajstić information content (AvgIpc) is 2.83. The Balaban J connectivity index is 2.27. The first kappa shape index (κ1) is 8.73. The highest BCUT2D eigenvalue weighted by Crippen LogP contribution is 2.24. The van der Waals surface area contributed by atoms with Crippen LogP contribution in [0.5, 0.6) is 0 Å². The fourth-order valence-corrected chi connectivity index (χ4v) is 1.87. The molecular weight excluding hydrogens is 256 g/mol. The lowest BCUT2D eigenvalue weighted by molar-refractivity contribution is 0.551. The minimum absolute atomic E-state index is 0.713. The minimum atomic E-state index is 0.713. The van der Waals surface area contributed by atoms with E-state index < -0.39 is 0 Å². The highest BCUT2D eigenvalue weighted by atomic mass is 79.9. The average molecular weight is 263 g/mol. The molecule has 15 heavy (non-hydrogen) atoms. The Morgan fingerprint density at radius 1 is 1.20 bits per heavy atom. The maximum Gasteiger partial charge on any atom is 0.180 e. The van der Waals surface area contributed by atoms with E-state index in [0.717, 1.165) is 17.1 Å². The van der Waals surface area contributed by atoms with Gasteiger partial charge in [-0.1, -0.05) is 6.07 Å². The second-order valence-corrected chi connectivity index (χ2v) is 3.96. The minimum Gasteiger partial charge on any atom is -0.446 e. The molecule has 3 heterocycles. The third kappa shape index (κ3) is 1.37. The van der Waals surface area contributed by atoms with Gasteiger partial charge in [0.2, 0.25) is 0 Å². The van der Waals surface area contributed by atoms with E-state index in [-0.39, 0.29) is 0 Å². The van der Waals surface area contributed by atoms with Crippen molar-refractivity contribution in [2.45, 2.75) is 0 Å². The second kappa shape index (κ2) is 3.24. The van der Waals surface area contributed by atoms with E-state index in [9.17, 15) is 0 Å². The van der Waals surface area contributed by atoms with Crippen LogP contribution in [-0.2, 0) is 0 Å². The van der Waals surface area contributed by atoms with E-state index in [0.29, 0.717) is 4.67 Å². The zero-order chi connectivity index (χ0) is 10.3. The molecule has 0 aliphatic rings. The van der Waals surface area contributed by atoms with Crippen LogP contribution in [0.2, 0.25) is 0 Å². The van der Waals surface area contributed by atoms with Gasteiger partial charge in [0.15, 0.2) is 16.3 Å². The summed E-state index contributed by atoms with van der Waals surface area (Å²) >= 11 is 3.28. The van der Waals surface area contributed by atoms with Gasteiger partial charge in [-0.3, -0.25) is 4.40 Å². The number of furan rings is 1. The summed E-state index contributed by atoms with van der Waals surface area (Å²) in [6, 6.07) is 9.72. The highest BCUT2D eigenvalue weighted by Gasteiger charge is 2.09. The van der Waals surface area contributed by atoms with Crippen molar-refractivity contribution in [3.63, 3.8) is 0 Å². The van der Waals surface area contributed by atoms with Crippen LogP contribution in [0.3, 0.4) is 0 Å². The van der Waals surface area contributed by atoms with Gasteiger partial charge in [-0.2, -0.15) is 0 Å². The van der Waals surface area contributed by atoms with Crippen LogP contribution in [0.1, 0.15) is 0 Å². The molecule has 3 aromatic rings. The number of hydrogen-bond donors (Lipinski definition) is 0. The Bertz CT molecular complexity index is 612. The lowest BCUT2D eigenvalue weighted by atomic mass is 10.4. The predicted molar refractivity (Wildman–Crippen MR) is 60.6 cm³/mol. The molecule has 0 radical (unpaired) electrons. The largest absolute Gasteiger partial charge is 0.446 e. The SMILES string of the molecule is Brc1ccc(-c2ncc3ccccn23)o1. The fraction of sp³-hybridized carbons (Fsp3) is 0. The molecule has 3 rings (SSSR count). The summed E-state index contributed by atoms with van der Waals surface area (Å²) in [5, 5.41) is 0. The van der Waals surface area contributed by atoms with Gasteiger partial charge in [0.1, 0.15) is 0 Å². The summed E-state index contributed by atoms with van der Waals surface area (Å²) in [5.74, 6) is 1.57. The first-order chi connectivity index (χ1) is 7.34. The number of pyridine rings is 1. The van der Waals surface area contributed by atoms with E-state index >= 15 is 0 Å². The first-order valence-corrected chi connectivity index (χ1v) is 5.32. The molecule has 0 saturated carbocycles. The van der Waals surface area contributed by atoms with Crippen LogP contribution in [0.25, 0.3) is 17.1 Å². The van der Waals surface area contributed by atoms with Gasteiger partial charge in [-0.15, -0.1) is 0 Å². The molecule has 0 unspecified atom stereocenters. The first-order valence-electron chi connectivity index (χ1n) is 4.52. The molecule has 0 spiro atoms. The Kier molecular flexibility index (Phi) is 1.89. The molecule has 0 N–H and O–H groups in total. The lowest BCUT2D eigenvalue weighted by Crippen LogP contribution is -1.86. The Hall–Kier alpha value is -1.55. The smallest absolute Gasteiger partial charge is 0.180 e. The van der Waals surface area contributed by atoms with Gasteiger partial charge in [-0.25, -0.2) is 4.98 Å². The van der Waals surface area contributed by atoms with E-state index in [1.807, 2.05) is 47.1 Å². The van der Waals surface area contributed by atoms with Crippen LogP contribution in [0, 0.1) is 0 Å². The summed E-state index contributed by atoms with van der Waals surface area (Å²) in [6.07, 6.45) is 3.79. The van der Waals surface area contributed by atoms with Gasteiger partial charge in [0.25, 0.3) is 0 Å². The van der Waals surface area contributed by atoms with Crippen molar-refractivity contribution in [1.82, 2.24) is 9.38 Å². The van der Waals surface area contributed by atoms with Crippen LogP contribution in [-0.4, -0.2) is 9.38 Å².